The van der Waals surface area contributed by atoms with Crippen molar-refractivity contribution in [2.24, 2.45) is 17.8 Å². The first-order valence-electron chi connectivity index (χ1n) is 19.6. The molecule has 0 saturated carbocycles. The Labute approximate surface area is 348 Å². The number of hydrogen-bond acceptors (Lipinski definition) is 10. The number of alkyl halides is 3. The van der Waals surface area contributed by atoms with Crippen LogP contribution >= 0.6 is 0 Å². The summed E-state index contributed by atoms with van der Waals surface area (Å²) in [6.45, 7) is 8.65. The third-order valence-corrected chi connectivity index (χ3v) is 11.8. The highest BCUT2D eigenvalue weighted by atomic mass is 32.2. The van der Waals surface area contributed by atoms with Crippen LogP contribution in [0.25, 0.3) is 0 Å². The van der Waals surface area contributed by atoms with Crippen molar-refractivity contribution in [1.82, 2.24) is 35.4 Å². The summed E-state index contributed by atoms with van der Waals surface area (Å²) in [6, 6.07) is 3.92. The molecule has 4 N–H and O–H groups in total. The number of methoxy groups -OCH3 is 2. The number of hydrogen-bond donors (Lipinski definition) is 4. The summed E-state index contributed by atoms with van der Waals surface area (Å²) in [6.07, 6.45) is -4.66. The van der Waals surface area contributed by atoms with Crippen LogP contribution in [-0.2, 0) is 56.1 Å². The zero-order chi connectivity index (χ0) is 44.8. The molecular weight excluding hydrogens is 800 g/mol. The van der Waals surface area contributed by atoms with Gasteiger partial charge in [-0.15, -0.1) is 0 Å². The van der Waals surface area contributed by atoms with Gasteiger partial charge in [-0.3, -0.25) is 33.7 Å². The predicted molar refractivity (Wildman–Crippen MR) is 213 cm³/mol. The van der Waals surface area contributed by atoms with Crippen molar-refractivity contribution in [2.75, 3.05) is 55.0 Å². The summed E-state index contributed by atoms with van der Waals surface area (Å²) in [5.74, 6) is -5.13. The summed E-state index contributed by atoms with van der Waals surface area (Å²) < 4.78 is 63.9. The number of halogens is 3. The van der Waals surface area contributed by atoms with Crippen molar-refractivity contribution in [3.05, 3.63) is 29.8 Å². The molecule has 1 aliphatic heterocycles. The first-order valence-corrected chi connectivity index (χ1v) is 20.7. The lowest BCUT2D eigenvalue weighted by atomic mass is 9.90. The van der Waals surface area contributed by atoms with Crippen LogP contribution in [0, 0.1) is 17.8 Å². The minimum atomic E-state index is -5.03. The van der Waals surface area contributed by atoms with E-state index in [1.54, 1.807) is 43.2 Å². The van der Waals surface area contributed by atoms with Gasteiger partial charge in [0.25, 0.3) is 5.91 Å². The number of nitrogens with zero attached hydrogens (tertiary/aromatic N) is 3. The molecular formula is C39H62F3N7O9S. The molecule has 0 aliphatic carbocycles. The standard InChI is InChI=1S/C39H62F3N7O9S/c1-11-24(4)34(48(8)32(52)22-44-37(54)33(23(2)3)47(6)7)29(57-9)19-31(51)49-18-12-13-28(49)35(58-10)25(5)36(53)43-21-30(50)46-59(56)27-16-14-26(15-17-27)20-45-38(55)39(40,41)42/h14-17,23-25,28-29,33-35H,11-13,18-22H2,1-10H3,(H,43,53)(H,44,54)(H,45,55)(H,46,50). The molecule has 8 unspecified atom stereocenters. The van der Waals surface area contributed by atoms with E-state index in [1.165, 1.54) is 43.4 Å². The molecule has 1 aromatic rings. The van der Waals surface area contributed by atoms with E-state index < -0.39 is 84.6 Å². The van der Waals surface area contributed by atoms with Crippen LogP contribution in [0.1, 0.15) is 65.9 Å². The van der Waals surface area contributed by atoms with E-state index in [0.717, 1.165) is 0 Å². The summed E-state index contributed by atoms with van der Waals surface area (Å²) >= 11 is -2.06. The molecule has 1 fully saturated rings. The fourth-order valence-corrected chi connectivity index (χ4v) is 8.17. The summed E-state index contributed by atoms with van der Waals surface area (Å²) in [7, 11) is 8.16. The third kappa shape index (κ3) is 14.9. The second-order valence-electron chi connectivity index (χ2n) is 15.4. The molecule has 0 radical (unpaired) electrons. The molecule has 1 aromatic carbocycles. The Hall–Kier alpha value is -3.98. The van der Waals surface area contributed by atoms with Crippen LogP contribution in [0.15, 0.2) is 29.2 Å². The van der Waals surface area contributed by atoms with E-state index in [1.807, 2.05) is 27.7 Å². The molecule has 8 atom stereocenters. The number of ether oxygens (including phenoxy) is 2. The molecule has 16 nitrogen and oxygen atoms in total. The van der Waals surface area contributed by atoms with Crippen LogP contribution in [0.5, 0.6) is 0 Å². The van der Waals surface area contributed by atoms with Crippen LogP contribution in [0.2, 0.25) is 0 Å². The Morgan fingerprint density at radius 3 is 2.07 bits per heavy atom. The fourth-order valence-electron chi connectivity index (χ4n) is 7.39. The van der Waals surface area contributed by atoms with Gasteiger partial charge in [0.1, 0.15) is 17.9 Å². The molecule has 2 rings (SSSR count). The zero-order valence-corrected chi connectivity index (χ0v) is 36.5. The number of carbonyl (C=O) groups is 6. The Balaban J connectivity index is 2.03. The maximum Gasteiger partial charge on any atom is 0.471 e. The molecule has 1 aliphatic rings. The fraction of sp³-hybridized carbons (Fsp3) is 0.692. The van der Waals surface area contributed by atoms with E-state index in [-0.39, 0.29) is 47.4 Å². The van der Waals surface area contributed by atoms with Gasteiger partial charge in [0.15, 0.2) is 4.90 Å². The van der Waals surface area contributed by atoms with E-state index in [2.05, 4.69) is 15.4 Å². The molecule has 6 amide bonds. The average molecular weight is 862 g/mol. The largest absolute Gasteiger partial charge is 0.588 e. The molecule has 1 heterocycles. The Morgan fingerprint density at radius 1 is 0.932 bits per heavy atom. The van der Waals surface area contributed by atoms with Gasteiger partial charge in [0, 0.05) is 34.4 Å². The number of carbonyl (C=O) groups excluding carboxylic acids is 6. The van der Waals surface area contributed by atoms with Crippen LogP contribution in [0.4, 0.5) is 13.2 Å². The lowest BCUT2D eigenvalue weighted by molar-refractivity contribution is -0.173. The van der Waals surface area contributed by atoms with Crippen LogP contribution < -0.4 is 20.7 Å². The highest BCUT2D eigenvalue weighted by Crippen LogP contribution is 2.29. The minimum Gasteiger partial charge on any atom is -0.588 e. The quantitative estimate of drug-likeness (QED) is 0.125. The smallest absolute Gasteiger partial charge is 0.471 e. The summed E-state index contributed by atoms with van der Waals surface area (Å²) in [5.41, 5.74) is 0.304. The molecule has 20 heteroatoms. The van der Waals surface area contributed by atoms with Gasteiger partial charge in [0.2, 0.25) is 23.6 Å². The van der Waals surface area contributed by atoms with Crippen LogP contribution in [-0.4, -0.2) is 146 Å². The molecule has 59 heavy (non-hydrogen) atoms. The van der Waals surface area contributed by atoms with Crippen molar-refractivity contribution in [3.8, 4) is 0 Å². The molecule has 0 bridgehead atoms. The first-order chi connectivity index (χ1) is 27.6. The van der Waals surface area contributed by atoms with Gasteiger partial charge in [-0.05, 0) is 56.5 Å². The molecule has 1 saturated heterocycles. The van der Waals surface area contributed by atoms with E-state index in [9.17, 15) is 46.5 Å². The maximum absolute atomic E-state index is 14.0. The van der Waals surface area contributed by atoms with E-state index >= 15 is 0 Å². The normalized spacial score (nSPS) is 18.0. The lowest BCUT2D eigenvalue weighted by Gasteiger charge is -2.39. The van der Waals surface area contributed by atoms with Gasteiger partial charge >= 0.3 is 12.1 Å². The molecule has 0 spiro atoms. The highest BCUT2D eigenvalue weighted by molar-refractivity contribution is 7.90. The Morgan fingerprint density at radius 2 is 1.54 bits per heavy atom. The van der Waals surface area contributed by atoms with E-state index in [4.69, 9.17) is 9.47 Å². The number of nitrogens with one attached hydrogen (secondary N) is 4. The number of benzene rings is 1. The SMILES string of the molecule is CCC(C)C(C(CC(=O)N1CCCC1C(OC)C(C)C(=O)NCC(=O)N[S+]([O-])c1ccc(CNC(=O)C(F)(F)F)cc1)OC)N(C)C(=O)CNC(=O)C(C(C)C)N(C)C. The minimum absolute atomic E-state index is 0.0238. The predicted octanol–water partition coefficient (Wildman–Crippen LogP) is 1.74. The van der Waals surface area contributed by atoms with Crippen molar-refractivity contribution in [1.29, 1.82) is 0 Å². The second kappa shape index (κ2) is 23.7. The topological polar surface area (TPSA) is 202 Å². The summed E-state index contributed by atoms with van der Waals surface area (Å²) in [4.78, 5) is 82.4. The van der Waals surface area contributed by atoms with Gasteiger partial charge in [-0.2, -0.15) is 17.9 Å². The molecule has 334 valence electrons. The van der Waals surface area contributed by atoms with Crippen LogP contribution in [0.3, 0.4) is 0 Å². The zero-order valence-electron chi connectivity index (χ0n) is 35.6. The van der Waals surface area contributed by atoms with Crippen molar-refractivity contribution in [3.63, 3.8) is 0 Å². The average Bonchev–Trinajstić information content (AvgIpc) is 3.66. The number of amides is 6. The maximum atomic E-state index is 14.0. The van der Waals surface area contributed by atoms with Crippen molar-refractivity contribution >= 4 is 46.8 Å². The van der Waals surface area contributed by atoms with Gasteiger partial charge < -0.3 is 39.8 Å². The number of likely N-dealkylation sites (N-methyl/N-ethyl adjacent to an activating group) is 2. The molecule has 0 aromatic heterocycles. The number of rotatable bonds is 22. The van der Waals surface area contributed by atoms with Gasteiger partial charge in [0.05, 0.1) is 49.2 Å². The Kier molecular flexibility index (Phi) is 20.6. The van der Waals surface area contributed by atoms with Crippen molar-refractivity contribution < 1.29 is 56.0 Å². The van der Waals surface area contributed by atoms with Gasteiger partial charge in [-0.1, -0.05) is 53.2 Å². The third-order valence-electron chi connectivity index (χ3n) is 10.7. The lowest BCUT2D eigenvalue weighted by Crippen LogP contribution is -2.55. The number of likely N-dealkylation sites (tertiary alicyclic amines) is 1. The summed E-state index contributed by atoms with van der Waals surface area (Å²) in [5, 5.41) is 7.00. The Bertz CT molecular complexity index is 1560. The van der Waals surface area contributed by atoms with E-state index in [0.29, 0.717) is 31.4 Å². The first kappa shape index (κ1) is 51.2. The van der Waals surface area contributed by atoms with Gasteiger partial charge in [-0.25, -0.2) is 0 Å². The highest BCUT2D eigenvalue weighted by Gasteiger charge is 2.42. The van der Waals surface area contributed by atoms with Crippen molar-refractivity contribution in [2.45, 2.75) is 108 Å². The monoisotopic (exact) mass is 861 g/mol. The second-order valence-corrected chi connectivity index (χ2v) is 16.6.